The molecule has 2 heterocycles. The third kappa shape index (κ3) is 8.26. The molecule has 0 saturated carbocycles. The zero-order chi connectivity index (χ0) is 21.9. The average Bonchev–Trinajstić information content (AvgIpc) is 2.76. The van der Waals surface area contributed by atoms with Crippen molar-refractivity contribution in [1.29, 1.82) is 0 Å². The van der Waals surface area contributed by atoms with E-state index in [1.807, 2.05) is 6.07 Å². The standard InChI is InChI=1S/C25H42N2O4/c1-29-19-21-10-14-27(15-11-21)17-22-8-9-24(25(16-22)30-2)31-20-23(28)18-26-12-6-4-3-5-7-13-26/h8-9,16,21,23,28H,3-7,10-15,17-20H2,1-2H3. The number of methoxy groups -OCH3 is 2. The molecule has 1 unspecified atom stereocenters. The Morgan fingerprint density at radius 1 is 0.935 bits per heavy atom. The van der Waals surface area contributed by atoms with Crippen molar-refractivity contribution >= 4 is 0 Å². The third-order valence-electron chi connectivity index (χ3n) is 6.59. The van der Waals surface area contributed by atoms with Gasteiger partial charge in [0.05, 0.1) is 7.11 Å². The minimum absolute atomic E-state index is 0.291. The van der Waals surface area contributed by atoms with Crippen LogP contribution in [0.15, 0.2) is 18.2 Å². The molecule has 1 N–H and O–H groups in total. The van der Waals surface area contributed by atoms with Crippen molar-refractivity contribution in [2.75, 3.05) is 60.2 Å². The van der Waals surface area contributed by atoms with E-state index in [0.29, 0.717) is 24.8 Å². The molecule has 0 radical (unpaired) electrons. The van der Waals surface area contributed by atoms with Gasteiger partial charge in [0, 0.05) is 26.8 Å². The lowest BCUT2D eigenvalue weighted by Crippen LogP contribution is -2.37. The van der Waals surface area contributed by atoms with Crippen LogP contribution in [0.3, 0.4) is 0 Å². The van der Waals surface area contributed by atoms with E-state index in [0.717, 1.165) is 45.1 Å². The Morgan fingerprint density at radius 2 is 1.65 bits per heavy atom. The zero-order valence-electron chi connectivity index (χ0n) is 19.6. The number of ether oxygens (including phenoxy) is 3. The maximum absolute atomic E-state index is 10.5. The first kappa shape index (κ1) is 24.3. The first-order valence-electron chi connectivity index (χ1n) is 12.1. The fraction of sp³-hybridized carbons (Fsp3) is 0.760. The van der Waals surface area contributed by atoms with Gasteiger partial charge in [0.2, 0.25) is 0 Å². The number of benzene rings is 1. The Hall–Kier alpha value is -1.34. The van der Waals surface area contributed by atoms with E-state index in [1.165, 1.54) is 50.5 Å². The van der Waals surface area contributed by atoms with Crippen molar-refractivity contribution in [2.45, 2.75) is 57.6 Å². The summed E-state index contributed by atoms with van der Waals surface area (Å²) in [6, 6.07) is 6.17. The van der Waals surface area contributed by atoms with Crippen LogP contribution >= 0.6 is 0 Å². The second kappa shape index (κ2) is 13.3. The molecule has 0 spiro atoms. The summed E-state index contributed by atoms with van der Waals surface area (Å²) in [5.74, 6) is 2.14. The van der Waals surface area contributed by atoms with Crippen molar-refractivity contribution in [3.8, 4) is 11.5 Å². The highest BCUT2D eigenvalue weighted by Crippen LogP contribution is 2.29. The monoisotopic (exact) mass is 434 g/mol. The first-order chi connectivity index (χ1) is 15.2. The number of aliphatic hydroxyl groups excluding tert-OH is 1. The minimum atomic E-state index is -0.489. The van der Waals surface area contributed by atoms with E-state index in [4.69, 9.17) is 14.2 Å². The molecule has 0 aliphatic carbocycles. The fourth-order valence-electron chi connectivity index (χ4n) is 4.77. The highest BCUT2D eigenvalue weighted by molar-refractivity contribution is 5.43. The lowest BCUT2D eigenvalue weighted by Gasteiger charge is -2.31. The third-order valence-corrected chi connectivity index (χ3v) is 6.59. The molecule has 2 fully saturated rings. The first-order valence-corrected chi connectivity index (χ1v) is 12.1. The van der Waals surface area contributed by atoms with Crippen molar-refractivity contribution in [2.24, 2.45) is 5.92 Å². The molecular formula is C25H42N2O4. The summed E-state index contributed by atoms with van der Waals surface area (Å²) in [6.07, 6.45) is 8.32. The number of β-amino-alcohol motifs (C(OH)–C–C–N with tert-alkyl or cyclic N) is 1. The van der Waals surface area contributed by atoms with Gasteiger partial charge in [0.25, 0.3) is 0 Å². The second-order valence-corrected chi connectivity index (χ2v) is 9.19. The molecule has 0 aromatic heterocycles. The molecule has 2 saturated heterocycles. The topological polar surface area (TPSA) is 54.4 Å². The molecule has 3 rings (SSSR count). The SMILES string of the molecule is COCC1CCN(Cc2ccc(OCC(O)CN3CCCCCCC3)c(OC)c2)CC1. The number of hydrogen-bond donors (Lipinski definition) is 1. The van der Waals surface area contributed by atoms with Crippen LogP contribution in [0.2, 0.25) is 0 Å². The fourth-order valence-corrected chi connectivity index (χ4v) is 4.77. The van der Waals surface area contributed by atoms with Gasteiger partial charge < -0.3 is 24.2 Å². The van der Waals surface area contributed by atoms with Crippen LogP contribution in [-0.2, 0) is 11.3 Å². The molecule has 6 heteroatoms. The Bertz CT molecular complexity index is 626. The van der Waals surface area contributed by atoms with Crippen LogP contribution in [-0.4, -0.2) is 81.2 Å². The largest absolute Gasteiger partial charge is 0.493 e. The Morgan fingerprint density at radius 3 is 2.32 bits per heavy atom. The summed E-state index contributed by atoms with van der Waals surface area (Å²) in [5, 5.41) is 10.5. The predicted molar refractivity (Wildman–Crippen MR) is 124 cm³/mol. The van der Waals surface area contributed by atoms with Gasteiger partial charge >= 0.3 is 0 Å². The quantitative estimate of drug-likeness (QED) is 0.608. The van der Waals surface area contributed by atoms with E-state index >= 15 is 0 Å². The lowest BCUT2D eigenvalue weighted by molar-refractivity contribution is 0.0644. The second-order valence-electron chi connectivity index (χ2n) is 9.19. The molecule has 2 aliphatic heterocycles. The highest BCUT2D eigenvalue weighted by Gasteiger charge is 2.20. The summed E-state index contributed by atoms with van der Waals surface area (Å²) < 4.78 is 16.8. The van der Waals surface area contributed by atoms with Crippen LogP contribution in [0, 0.1) is 5.92 Å². The molecule has 1 atom stereocenters. The van der Waals surface area contributed by atoms with Gasteiger partial charge in [0.1, 0.15) is 12.7 Å². The minimum Gasteiger partial charge on any atom is -0.493 e. The normalized spacial score (nSPS) is 20.7. The number of rotatable bonds is 10. The molecule has 0 amide bonds. The van der Waals surface area contributed by atoms with Crippen LogP contribution < -0.4 is 9.47 Å². The molecule has 1 aromatic carbocycles. The number of aliphatic hydroxyl groups is 1. The van der Waals surface area contributed by atoms with Crippen molar-refractivity contribution < 1.29 is 19.3 Å². The zero-order valence-corrected chi connectivity index (χ0v) is 19.6. The van der Waals surface area contributed by atoms with Crippen molar-refractivity contribution in [3.05, 3.63) is 23.8 Å². The average molecular weight is 435 g/mol. The number of likely N-dealkylation sites (tertiary alicyclic amines) is 2. The van der Waals surface area contributed by atoms with Crippen LogP contribution in [0.25, 0.3) is 0 Å². The van der Waals surface area contributed by atoms with Gasteiger partial charge in [-0.3, -0.25) is 4.90 Å². The predicted octanol–water partition coefficient (Wildman–Crippen LogP) is 3.56. The Labute approximate surface area is 188 Å². The van der Waals surface area contributed by atoms with Gasteiger partial charge in [0.15, 0.2) is 11.5 Å². The van der Waals surface area contributed by atoms with Gasteiger partial charge in [-0.25, -0.2) is 0 Å². The molecule has 31 heavy (non-hydrogen) atoms. The summed E-state index contributed by atoms with van der Waals surface area (Å²) in [6.45, 7) is 7.15. The van der Waals surface area contributed by atoms with Crippen LogP contribution in [0.4, 0.5) is 0 Å². The number of nitrogens with zero attached hydrogens (tertiary/aromatic N) is 2. The molecule has 176 valence electrons. The number of piperidine rings is 1. The van der Waals surface area contributed by atoms with E-state index < -0.39 is 6.10 Å². The van der Waals surface area contributed by atoms with Gasteiger partial charge in [-0.15, -0.1) is 0 Å². The maximum atomic E-state index is 10.5. The van der Waals surface area contributed by atoms with Gasteiger partial charge in [-0.2, -0.15) is 0 Å². The maximum Gasteiger partial charge on any atom is 0.161 e. The molecule has 2 aliphatic rings. The van der Waals surface area contributed by atoms with Crippen molar-refractivity contribution in [1.82, 2.24) is 9.80 Å². The molecule has 0 bridgehead atoms. The molecule has 6 nitrogen and oxygen atoms in total. The smallest absolute Gasteiger partial charge is 0.161 e. The molecular weight excluding hydrogens is 392 g/mol. The lowest BCUT2D eigenvalue weighted by atomic mass is 9.97. The van der Waals surface area contributed by atoms with E-state index in [2.05, 4.69) is 21.9 Å². The summed E-state index contributed by atoms with van der Waals surface area (Å²) in [7, 11) is 3.47. The van der Waals surface area contributed by atoms with E-state index in [9.17, 15) is 5.11 Å². The Balaban J connectivity index is 1.46. The van der Waals surface area contributed by atoms with Crippen LogP contribution in [0.5, 0.6) is 11.5 Å². The van der Waals surface area contributed by atoms with Gasteiger partial charge in [-0.1, -0.05) is 25.3 Å². The highest BCUT2D eigenvalue weighted by atomic mass is 16.5. The summed E-state index contributed by atoms with van der Waals surface area (Å²) in [5.41, 5.74) is 1.23. The van der Waals surface area contributed by atoms with Crippen LogP contribution in [0.1, 0.15) is 50.5 Å². The molecule has 1 aromatic rings. The van der Waals surface area contributed by atoms with Gasteiger partial charge in [-0.05, 0) is 75.5 Å². The number of hydrogen-bond acceptors (Lipinski definition) is 6. The van der Waals surface area contributed by atoms with Crippen molar-refractivity contribution in [3.63, 3.8) is 0 Å². The van der Waals surface area contributed by atoms with E-state index in [-0.39, 0.29) is 0 Å². The summed E-state index contributed by atoms with van der Waals surface area (Å²) in [4.78, 5) is 4.87. The summed E-state index contributed by atoms with van der Waals surface area (Å²) >= 11 is 0. The van der Waals surface area contributed by atoms with E-state index in [1.54, 1.807) is 14.2 Å². The Kier molecular flexibility index (Phi) is 10.4.